The quantitative estimate of drug-likeness (QED) is 0.330. The summed E-state index contributed by atoms with van der Waals surface area (Å²) in [6.45, 7) is 10.1. The maximum absolute atomic E-state index is 5.51. The molecule has 0 saturated carbocycles. The van der Waals surface area contributed by atoms with Crippen molar-refractivity contribution in [3.63, 3.8) is 0 Å². The van der Waals surface area contributed by atoms with Gasteiger partial charge in [-0.2, -0.15) is 5.10 Å². The molecule has 2 N–H and O–H groups in total. The fourth-order valence-corrected chi connectivity index (χ4v) is 3.87. The van der Waals surface area contributed by atoms with Crippen molar-refractivity contribution in [1.29, 1.82) is 0 Å². The number of benzene rings is 1. The van der Waals surface area contributed by atoms with Crippen LogP contribution in [0.5, 0.6) is 5.75 Å². The van der Waals surface area contributed by atoms with Gasteiger partial charge in [-0.15, -0.1) is 24.0 Å². The van der Waals surface area contributed by atoms with E-state index in [2.05, 4.69) is 62.4 Å². The highest BCUT2D eigenvalue weighted by Crippen LogP contribution is 2.30. The Morgan fingerprint density at radius 2 is 2.10 bits per heavy atom. The molecule has 30 heavy (non-hydrogen) atoms. The summed E-state index contributed by atoms with van der Waals surface area (Å²) < 4.78 is 7.60. The Balaban J connectivity index is 0.00000320. The smallest absolute Gasteiger partial charge is 0.191 e. The Labute approximate surface area is 197 Å². The molecular weight excluding hydrogens is 491 g/mol. The average molecular weight is 526 g/mol. The van der Waals surface area contributed by atoms with Crippen molar-refractivity contribution >= 4 is 35.6 Å². The number of hydrogen-bond acceptors (Lipinski definition) is 4. The van der Waals surface area contributed by atoms with Crippen LogP contribution in [0.3, 0.4) is 0 Å². The summed E-state index contributed by atoms with van der Waals surface area (Å²) in [5.74, 6) is 2.23. The summed E-state index contributed by atoms with van der Waals surface area (Å²) in [6.07, 6.45) is 1.07. The van der Waals surface area contributed by atoms with Crippen molar-refractivity contribution in [1.82, 2.24) is 20.4 Å². The Kier molecular flexibility index (Phi) is 9.26. The second kappa shape index (κ2) is 11.4. The monoisotopic (exact) mass is 526 g/mol. The van der Waals surface area contributed by atoms with Crippen LogP contribution >= 0.6 is 24.0 Å². The molecule has 1 fully saturated rings. The van der Waals surface area contributed by atoms with Gasteiger partial charge in [0.2, 0.25) is 0 Å². The summed E-state index contributed by atoms with van der Waals surface area (Å²) in [5, 5.41) is 11.6. The third-order valence-electron chi connectivity index (χ3n) is 5.38. The molecule has 0 bridgehead atoms. The van der Waals surface area contributed by atoms with E-state index in [1.54, 1.807) is 7.11 Å². The van der Waals surface area contributed by atoms with Gasteiger partial charge < -0.3 is 20.3 Å². The Morgan fingerprint density at radius 1 is 1.33 bits per heavy atom. The van der Waals surface area contributed by atoms with Gasteiger partial charge in [-0.1, -0.05) is 19.1 Å². The van der Waals surface area contributed by atoms with E-state index in [-0.39, 0.29) is 24.0 Å². The first-order valence-electron chi connectivity index (χ1n) is 10.4. The van der Waals surface area contributed by atoms with Crippen molar-refractivity contribution in [3.05, 3.63) is 41.7 Å². The number of methoxy groups -OCH3 is 1. The van der Waals surface area contributed by atoms with E-state index in [0.717, 1.165) is 55.7 Å². The van der Waals surface area contributed by atoms with Gasteiger partial charge in [-0.05, 0) is 44.4 Å². The van der Waals surface area contributed by atoms with Crippen LogP contribution in [0.4, 0.5) is 5.69 Å². The van der Waals surface area contributed by atoms with Crippen LogP contribution in [0.2, 0.25) is 0 Å². The standard InChI is InChI=1S/C22H34N6O.HI/c1-16(14-28-18(3)12-17(2)26-28)13-24-22(23-4)25-19-10-11-27(15-19)20-8-6-7-9-21(20)29-5;/h6-9,12,16,19H,10-11,13-15H2,1-5H3,(H2,23,24,25);1H. The zero-order chi connectivity index (χ0) is 20.8. The molecule has 2 unspecified atom stereocenters. The molecule has 2 atom stereocenters. The lowest BCUT2D eigenvalue weighted by Crippen LogP contribution is -2.46. The van der Waals surface area contributed by atoms with Crippen LogP contribution in [0.25, 0.3) is 0 Å². The molecule has 1 aliphatic heterocycles. The minimum atomic E-state index is 0. The highest BCUT2D eigenvalue weighted by Gasteiger charge is 2.25. The van der Waals surface area contributed by atoms with Crippen molar-refractivity contribution in [2.24, 2.45) is 10.9 Å². The van der Waals surface area contributed by atoms with Gasteiger partial charge >= 0.3 is 0 Å². The average Bonchev–Trinajstić information content (AvgIpc) is 3.30. The Morgan fingerprint density at radius 3 is 2.77 bits per heavy atom. The van der Waals surface area contributed by atoms with E-state index in [0.29, 0.717) is 12.0 Å². The molecule has 7 nitrogen and oxygen atoms in total. The Hall–Kier alpha value is -1.97. The number of para-hydroxylation sites is 2. The van der Waals surface area contributed by atoms with Gasteiger partial charge in [0.05, 0.1) is 18.5 Å². The fourth-order valence-electron chi connectivity index (χ4n) is 3.87. The largest absolute Gasteiger partial charge is 0.495 e. The molecule has 2 aromatic rings. The Bertz CT molecular complexity index is 837. The van der Waals surface area contributed by atoms with Crippen LogP contribution in [0, 0.1) is 19.8 Å². The minimum absolute atomic E-state index is 0. The summed E-state index contributed by atoms with van der Waals surface area (Å²) in [7, 11) is 3.55. The molecule has 1 aromatic heterocycles. The maximum Gasteiger partial charge on any atom is 0.191 e. The lowest BCUT2D eigenvalue weighted by Gasteiger charge is -2.22. The number of hydrogen-bond donors (Lipinski definition) is 2. The highest BCUT2D eigenvalue weighted by atomic mass is 127. The summed E-state index contributed by atoms with van der Waals surface area (Å²) >= 11 is 0. The number of nitrogens with one attached hydrogen (secondary N) is 2. The lowest BCUT2D eigenvalue weighted by molar-refractivity contribution is 0.415. The predicted molar refractivity (Wildman–Crippen MR) is 134 cm³/mol. The zero-order valence-electron chi connectivity index (χ0n) is 18.7. The lowest BCUT2D eigenvalue weighted by atomic mass is 10.2. The van der Waals surface area contributed by atoms with Crippen LogP contribution < -0.4 is 20.3 Å². The molecule has 1 aromatic carbocycles. The van der Waals surface area contributed by atoms with Gasteiger partial charge in [0, 0.05) is 45.0 Å². The second-order valence-electron chi connectivity index (χ2n) is 7.92. The molecule has 1 saturated heterocycles. The van der Waals surface area contributed by atoms with E-state index >= 15 is 0 Å². The number of rotatable bonds is 7. The molecule has 0 radical (unpaired) electrons. The second-order valence-corrected chi connectivity index (χ2v) is 7.92. The van der Waals surface area contributed by atoms with Crippen molar-refractivity contribution in [2.75, 3.05) is 38.7 Å². The molecule has 166 valence electrons. The third kappa shape index (κ3) is 6.26. The van der Waals surface area contributed by atoms with E-state index in [1.165, 1.54) is 5.69 Å². The summed E-state index contributed by atoms with van der Waals surface area (Å²) in [5.41, 5.74) is 3.43. The number of nitrogens with zero attached hydrogens (tertiary/aromatic N) is 4. The summed E-state index contributed by atoms with van der Waals surface area (Å²) in [6, 6.07) is 10.7. The molecule has 3 rings (SSSR count). The number of aliphatic imine (C=N–C) groups is 1. The fraction of sp³-hybridized carbons (Fsp3) is 0.545. The first-order valence-corrected chi connectivity index (χ1v) is 10.4. The molecule has 0 spiro atoms. The topological polar surface area (TPSA) is 66.7 Å². The first kappa shape index (κ1) is 24.3. The zero-order valence-corrected chi connectivity index (χ0v) is 21.0. The maximum atomic E-state index is 5.51. The van der Waals surface area contributed by atoms with Crippen molar-refractivity contribution < 1.29 is 4.74 Å². The summed E-state index contributed by atoms with van der Waals surface area (Å²) in [4.78, 5) is 6.78. The number of anilines is 1. The van der Waals surface area contributed by atoms with Gasteiger partial charge in [0.1, 0.15) is 5.75 Å². The number of guanidine groups is 1. The van der Waals surface area contributed by atoms with Crippen LogP contribution in [-0.2, 0) is 6.54 Å². The van der Waals surface area contributed by atoms with Crippen LogP contribution in [-0.4, -0.2) is 55.6 Å². The highest BCUT2D eigenvalue weighted by molar-refractivity contribution is 14.0. The van der Waals surface area contributed by atoms with E-state index in [4.69, 9.17) is 4.74 Å². The SMILES string of the molecule is CN=C(NCC(C)Cn1nc(C)cc1C)NC1CCN(c2ccccc2OC)C1.I. The van der Waals surface area contributed by atoms with Crippen molar-refractivity contribution in [2.45, 2.75) is 39.8 Å². The van der Waals surface area contributed by atoms with Gasteiger partial charge in [-0.25, -0.2) is 0 Å². The molecular formula is C22H35IN6O. The van der Waals surface area contributed by atoms with Crippen LogP contribution in [0.1, 0.15) is 24.7 Å². The normalized spacial score (nSPS) is 17.4. The van der Waals surface area contributed by atoms with E-state index in [9.17, 15) is 0 Å². The number of halogens is 1. The molecule has 2 heterocycles. The number of aryl methyl sites for hydroxylation is 2. The van der Waals surface area contributed by atoms with Gasteiger partial charge in [0.15, 0.2) is 5.96 Å². The van der Waals surface area contributed by atoms with Gasteiger partial charge in [-0.3, -0.25) is 9.67 Å². The first-order chi connectivity index (χ1) is 14.0. The molecule has 0 amide bonds. The predicted octanol–water partition coefficient (Wildman–Crippen LogP) is 3.21. The van der Waals surface area contributed by atoms with E-state index < -0.39 is 0 Å². The van der Waals surface area contributed by atoms with Gasteiger partial charge in [0.25, 0.3) is 0 Å². The van der Waals surface area contributed by atoms with Crippen molar-refractivity contribution in [3.8, 4) is 5.75 Å². The van der Waals surface area contributed by atoms with E-state index in [1.807, 2.05) is 26.1 Å². The number of aromatic nitrogens is 2. The molecule has 0 aliphatic carbocycles. The third-order valence-corrected chi connectivity index (χ3v) is 5.38. The number of ether oxygens (including phenoxy) is 1. The minimum Gasteiger partial charge on any atom is -0.495 e. The molecule has 1 aliphatic rings. The van der Waals surface area contributed by atoms with Crippen LogP contribution in [0.15, 0.2) is 35.3 Å². The molecule has 8 heteroatoms.